The van der Waals surface area contributed by atoms with Crippen LogP contribution in [-0.2, 0) is 4.84 Å². The molecule has 6 heteroatoms. The van der Waals surface area contributed by atoms with Gasteiger partial charge in [0.25, 0.3) is 11.7 Å². The minimum absolute atomic E-state index is 0.0433. The Labute approximate surface area is 100 Å². The Morgan fingerprint density at radius 3 is 2.35 bits per heavy atom. The third-order valence-electron chi connectivity index (χ3n) is 2.10. The molecule has 0 radical (unpaired) electrons. The number of carbonyl (C=O) groups is 1. The van der Waals surface area contributed by atoms with E-state index < -0.39 is 0 Å². The molecule has 0 saturated carbocycles. The molecule has 1 aromatic heterocycles. The van der Waals surface area contributed by atoms with Crippen molar-refractivity contribution >= 4 is 11.5 Å². The Kier molecular flexibility index (Phi) is 4.37. The standard InChI is InChI=1S/C11H17N3O3/c1-6(2)8(14-16-5)9(15)11-13-12-10(17-11)7(3)4/h6-7H,1-5H3/b14-8-. The van der Waals surface area contributed by atoms with Crippen LogP contribution >= 0.6 is 0 Å². The maximum Gasteiger partial charge on any atom is 0.290 e. The van der Waals surface area contributed by atoms with E-state index in [1.807, 2.05) is 27.7 Å². The molecule has 0 N–H and O–H groups in total. The Bertz CT molecular complexity index is 421. The van der Waals surface area contributed by atoms with Crippen molar-refractivity contribution < 1.29 is 14.0 Å². The summed E-state index contributed by atoms with van der Waals surface area (Å²) < 4.78 is 5.28. The van der Waals surface area contributed by atoms with Crippen LogP contribution in [0.1, 0.15) is 50.2 Å². The molecule has 0 aliphatic rings. The molecule has 6 nitrogen and oxygen atoms in total. The second-order valence-corrected chi connectivity index (χ2v) is 4.24. The van der Waals surface area contributed by atoms with Gasteiger partial charge >= 0.3 is 0 Å². The predicted octanol–water partition coefficient (Wildman–Crippen LogP) is 2.03. The highest BCUT2D eigenvalue weighted by Crippen LogP contribution is 2.14. The van der Waals surface area contributed by atoms with Crippen LogP contribution in [0.3, 0.4) is 0 Å². The summed E-state index contributed by atoms with van der Waals surface area (Å²) in [5.74, 6) is 0.0242. The number of Topliss-reactive ketones (excluding diaryl/α,β-unsaturated/α-hetero) is 1. The van der Waals surface area contributed by atoms with Crippen LogP contribution in [0.5, 0.6) is 0 Å². The van der Waals surface area contributed by atoms with Gasteiger partial charge in [0.15, 0.2) is 0 Å². The molecule has 0 saturated heterocycles. The third-order valence-corrected chi connectivity index (χ3v) is 2.10. The monoisotopic (exact) mass is 239 g/mol. The summed E-state index contributed by atoms with van der Waals surface area (Å²) >= 11 is 0. The lowest BCUT2D eigenvalue weighted by Crippen LogP contribution is -2.21. The van der Waals surface area contributed by atoms with Crippen LogP contribution in [0, 0.1) is 5.92 Å². The summed E-state index contributed by atoms with van der Waals surface area (Å²) in [5, 5.41) is 11.2. The van der Waals surface area contributed by atoms with E-state index in [2.05, 4.69) is 20.2 Å². The molecule has 0 aliphatic heterocycles. The number of hydrogen-bond donors (Lipinski definition) is 0. The fourth-order valence-electron chi connectivity index (χ4n) is 1.18. The average molecular weight is 239 g/mol. The minimum atomic E-state index is -0.388. The van der Waals surface area contributed by atoms with Gasteiger partial charge in [0.2, 0.25) is 5.89 Å². The van der Waals surface area contributed by atoms with Crippen molar-refractivity contribution in [2.24, 2.45) is 11.1 Å². The minimum Gasteiger partial charge on any atom is -0.418 e. The van der Waals surface area contributed by atoms with E-state index in [4.69, 9.17) is 4.42 Å². The van der Waals surface area contributed by atoms with E-state index in [0.29, 0.717) is 5.89 Å². The first kappa shape index (κ1) is 13.3. The smallest absolute Gasteiger partial charge is 0.290 e. The summed E-state index contributed by atoms with van der Waals surface area (Å²) in [7, 11) is 1.39. The number of aromatic nitrogens is 2. The van der Waals surface area contributed by atoms with E-state index in [1.165, 1.54) is 7.11 Å². The fraction of sp³-hybridized carbons (Fsp3) is 0.636. The second kappa shape index (κ2) is 5.56. The van der Waals surface area contributed by atoms with Crippen molar-refractivity contribution in [3.63, 3.8) is 0 Å². The van der Waals surface area contributed by atoms with Crippen LogP contribution in [-0.4, -0.2) is 28.8 Å². The topological polar surface area (TPSA) is 77.6 Å². The molecular formula is C11H17N3O3. The zero-order valence-corrected chi connectivity index (χ0v) is 10.7. The Morgan fingerprint density at radius 1 is 1.29 bits per heavy atom. The number of carbonyl (C=O) groups excluding carboxylic acids is 1. The highest BCUT2D eigenvalue weighted by atomic mass is 16.6. The van der Waals surface area contributed by atoms with Crippen molar-refractivity contribution in [3.05, 3.63) is 11.8 Å². The summed E-state index contributed by atoms with van der Waals surface area (Å²) in [6.45, 7) is 7.51. The number of hydrogen-bond acceptors (Lipinski definition) is 6. The quantitative estimate of drug-likeness (QED) is 0.446. The normalized spacial score (nSPS) is 12.3. The maximum atomic E-state index is 12.0. The van der Waals surface area contributed by atoms with E-state index in [9.17, 15) is 4.79 Å². The molecule has 0 bridgehead atoms. The second-order valence-electron chi connectivity index (χ2n) is 4.24. The Morgan fingerprint density at radius 2 is 1.94 bits per heavy atom. The molecule has 1 aromatic rings. The number of nitrogens with zero attached hydrogens (tertiary/aromatic N) is 3. The van der Waals surface area contributed by atoms with Gasteiger partial charge in [0.1, 0.15) is 12.8 Å². The van der Waals surface area contributed by atoms with Gasteiger partial charge in [-0.2, -0.15) is 0 Å². The average Bonchev–Trinajstić information content (AvgIpc) is 2.73. The van der Waals surface area contributed by atoms with E-state index in [1.54, 1.807) is 0 Å². The van der Waals surface area contributed by atoms with Crippen LogP contribution in [0.2, 0.25) is 0 Å². The molecule has 0 aromatic carbocycles. The van der Waals surface area contributed by atoms with E-state index in [0.717, 1.165) is 0 Å². The maximum absolute atomic E-state index is 12.0. The molecular weight excluding hydrogens is 222 g/mol. The lowest BCUT2D eigenvalue weighted by Gasteiger charge is -2.04. The molecule has 0 amide bonds. The number of ketones is 1. The van der Waals surface area contributed by atoms with Gasteiger partial charge in [-0.1, -0.05) is 32.9 Å². The lowest BCUT2D eigenvalue weighted by atomic mass is 10.0. The van der Waals surface area contributed by atoms with Crippen molar-refractivity contribution in [1.29, 1.82) is 0 Å². The van der Waals surface area contributed by atoms with Gasteiger partial charge in [-0.05, 0) is 0 Å². The van der Waals surface area contributed by atoms with Gasteiger partial charge in [0, 0.05) is 11.8 Å². The molecule has 0 spiro atoms. The molecule has 0 aliphatic carbocycles. The summed E-state index contributed by atoms with van der Waals surface area (Å²) in [4.78, 5) is 16.6. The Balaban J connectivity index is 2.98. The van der Waals surface area contributed by atoms with Gasteiger partial charge in [-0.25, -0.2) is 0 Å². The Hall–Kier alpha value is -1.72. The van der Waals surface area contributed by atoms with Crippen molar-refractivity contribution in [2.75, 3.05) is 7.11 Å². The summed E-state index contributed by atoms with van der Waals surface area (Å²) in [6.07, 6.45) is 0. The molecule has 17 heavy (non-hydrogen) atoms. The molecule has 1 rings (SSSR count). The van der Waals surface area contributed by atoms with Crippen LogP contribution in [0.4, 0.5) is 0 Å². The van der Waals surface area contributed by atoms with Crippen LogP contribution < -0.4 is 0 Å². The van der Waals surface area contributed by atoms with E-state index >= 15 is 0 Å². The van der Waals surface area contributed by atoms with Gasteiger partial charge in [-0.3, -0.25) is 4.79 Å². The SMILES string of the molecule is CO/N=C(\C(=O)c1nnc(C(C)C)o1)C(C)C. The van der Waals surface area contributed by atoms with Crippen molar-refractivity contribution in [3.8, 4) is 0 Å². The zero-order chi connectivity index (χ0) is 13.0. The highest BCUT2D eigenvalue weighted by molar-refractivity contribution is 6.45. The molecule has 0 atom stereocenters. The zero-order valence-electron chi connectivity index (χ0n) is 10.7. The molecule has 94 valence electrons. The predicted molar refractivity (Wildman–Crippen MR) is 62.0 cm³/mol. The van der Waals surface area contributed by atoms with E-state index in [-0.39, 0.29) is 29.2 Å². The first-order valence-electron chi connectivity index (χ1n) is 5.46. The number of rotatable bonds is 5. The molecule has 0 fully saturated rings. The van der Waals surface area contributed by atoms with Crippen LogP contribution in [0.15, 0.2) is 9.57 Å². The number of oxime groups is 1. The molecule has 1 heterocycles. The van der Waals surface area contributed by atoms with Gasteiger partial charge in [-0.15, -0.1) is 10.2 Å². The first-order valence-corrected chi connectivity index (χ1v) is 5.46. The third kappa shape index (κ3) is 3.12. The lowest BCUT2D eigenvalue weighted by molar-refractivity contribution is 0.101. The van der Waals surface area contributed by atoms with Gasteiger partial charge < -0.3 is 9.25 Å². The fourth-order valence-corrected chi connectivity index (χ4v) is 1.18. The largest absolute Gasteiger partial charge is 0.418 e. The van der Waals surface area contributed by atoms with Crippen molar-refractivity contribution in [2.45, 2.75) is 33.6 Å². The summed E-state index contributed by atoms with van der Waals surface area (Å²) in [5.41, 5.74) is 0.270. The van der Waals surface area contributed by atoms with Crippen molar-refractivity contribution in [1.82, 2.24) is 10.2 Å². The van der Waals surface area contributed by atoms with Gasteiger partial charge in [0.05, 0.1) is 0 Å². The summed E-state index contributed by atoms with van der Waals surface area (Å²) in [6, 6.07) is 0. The first-order chi connectivity index (χ1) is 7.97. The van der Waals surface area contributed by atoms with Crippen LogP contribution in [0.25, 0.3) is 0 Å². The molecule has 0 unspecified atom stereocenters. The highest BCUT2D eigenvalue weighted by Gasteiger charge is 2.24.